The molecule has 1 aromatic heterocycles. The Labute approximate surface area is 111 Å². The van der Waals surface area contributed by atoms with Gasteiger partial charge in [0.2, 0.25) is 0 Å². The maximum atomic E-state index is 6.12. The molecule has 84 valence electrons. The lowest BCUT2D eigenvalue weighted by Gasteiger charge is -2.10. The molecular formula is C12H11Br2NO. The van der Waals surface area contributed by atoms with Gasteiger partial charge in [0.15, 0.2) is 4.67 Å². The second-order valence-electron chi connectivity index (χ2n) is 3.63. The zero-order valence-electron chi connectivity index (χ0n) is 8.71. The quantitative estimate of drug-likeness (QED) is 0.888. The highest BCUT2D eigenvalue weighted by Crippen LogP contribution is 2.26. The minimum atomic E-state index is -0.224. The standard InChI is InChI=1S/C12H11Br2NO/c1-7-6-8(2-3-9(7)13)12(15)10-4-5-11(14)16-10/h2-6,12H,15H2,1H3. The number of furan rings is 1. The Kier molecular flexibility index (Phi) is 3.52. The van der Waals surface area contributed by atoms with E-state index in [1.807, 2.05) is 31.2 Å². The van der Waals surface area contributed by atoms with Crippen LogP contribution in [0, 0.1) is 6.92 Å². The first kappa shape index (κ1) is 11.9. The minimum Gasteiger partial charge on any atom is -0.452 e. The molecule has 1 heterocycles. The summed E-state index contributed by atoms with van der Waals surface area (Å²) < 4.78 is 7.24. The number of hydrogen-bond donors (Lipinski definition) is 1. The largest absolute Gasteiger partial charge is 0.452 e. The van der Waals surface area contributed by atoms with Crippen molar-refractivity contribution in [1.82, 2.24) is 0 Å². The molecule has 1 unspecified atom stereocenters. The lowest BCUT2D eigenvalue weighted by molar-refractivity contribution is 0.470. The van der Waals surface area contributed by atoms with Crippen LogP contribution >= 0.6 is 31.9 Å². The van der Waals surface area contributed by atoms with Crippen LogP contribution in [0.2, 0.25) is 0 Å². The van der Waals surface area contributed by atoms with Gasteiger partial charge in [-0.15, -0.1) is 0 Å². The summed E-state index contributed by atoms with van der Waals surface area (Å²) in [5, 5.41) is 0. The molecule has 2 rings (SSSR count). The molecule has 0 saturated carbocycles. The van der Waals surface area contributed by atoms with Gasteiger partial charge in [0.05, 0.1) is 6.04 Å². The van der Waals surface area contributed by atoms with Gasteiger partial charge < -0.3 is 10.2 Å². The van der Waals surface area contributed by atoms with Gasteiger partial charge in [-0.05, 0) is 52.2 Å². The molecule has 0 aliphatic rings. The molecule has 2 aromatic rings. The molecule has 2 N–H and O–H groups in total. The predicted octanol–water partition coefficient (Wildman–Crippen LogP) is 4.16. The van der Waals surface area contributed by atoms with Crippen LogP contribution < -0.4 is 5.73 Å². The van der Waals surface area contributed by atoms with Gasteiger partial charge in [0, 0.05) is 4.47 Å². The molecule has 16 heavy (non-hydrogen) atoms. The Balaban J connectivity index is 2.33. The molecule has 1 atom stereocenters. The number of halogens is 2. The smallest absolute Gasteiger partial charge is 0.169 e. The van der Waals surface area contributed by atoms with Crippen LogP contribution in [0.1, 0.15) is 22.9 Å². The van der Waals surface area contributed by atoms with Gasteiger partial charge in [-0.3, -0.25) is 0 Å². The Morgan fingerprint density at radius 3 is 2.50 bits per heavy atom. The highest BCUT2D eigenvalue weighted by Gasteiger charge is 2.13. The van der Waals surface area contributed by atoms with Crippen molar-refractivity contribution in [2.75, 3.05) is 0 Å². The SMILES string of the molecule is Cc1cc(C(N)c2ccc(Br)o2)ccc1Br. The van der Waals surface area contributed by atoms with Crippen molar-refractivity contribution in [3.05, 3.63) is 56.4 Å². The molecule has 0 aliphatic carbocycles. The molecule has 4 heteroatoms. The lowest BCUT2D eigenvalue weighted by Crippen LogP contribution is -2.10. The number of nitrogens with two attached hydrogens (primary N) is 1. The maximum Gasteiger partial charge on any atom is 0.169 e. The average Bonchev–Trinajstić information content (AvgIpc) is 2.68. The Morgan fingerprint density at radius 2 is 1.94 bits per heavy atom. The van der Waals surface area contributed by atoms with Crippen molar-refractivity contribution in [2.45, 2.75) is 13.0 Å². The van der Waals surface area contributed by atoms with Crippen LogP contribution in [0.3, 0.4) is 0 Å². The van der Waals surface area contributed by atoms with Crippen molar-refractivity contribution in [1.29, 1.82) is 0 Å². The monoisotopic (exact) mass is 343 g/mol. The second kappa shape index (κ2) is 4.73. The van der Waals surface area contributed by atoms with Crippen LogP contribution in [0.4, 0.5) is 0 Å². The van der Waals surface area contributed by atoms with Crippen molar-refractivity contribution in [2.24, 2.45) is 5.73 Å². The molecule has 0 amide bonds. The van der Waals surface area contributed by atoms with E-state index in [-0.39, 0.29) is 6.04 Å². The van der Waals surface area contributed by atoms with Crippen LogP contribution in [-0.2, 0) is 0 Å². The average molecular weight is 345 g/mol. The summed E-state index contributed by atoms with van der Waals surface area (Å²) in [7, 11) is 0. The molecule has 0 bridgehead atoms. The molecular weight excluding hydrogens is 334 g/mol. The molecule has 2 nitrogen and oxygen atoms in total. The van der Waals surface area contributed by atoms with Crippen LogP contribution in [0.25, 0.3) is 0 Å². The summed E-state index contributed by atoms with van der Waals surface area (Å²) in [6.45, 7) is 2.04. The molecule has 1 aromatic carbocycles. The van der Waals surface area contributed by atoms with Crippen molar-refractivity contribution >= 4 is 31.9 Å². The van der Waals surface area contributed by atoms with E-state index in [9.17, 15) is 0 Å². The van der Waals surface area contributed by atoms with Gasteiger partial charge in [-0.25, -0.2) is 0 Å². The van der Waals surface area contributed by atoms with E-state index < -0.39 is 0 Å². The molecule has 0 aliphatic heterocycles. The topological polar surface area (TPSA) is 39.2 Å². The van der Waals surface area contributed by atoms with Gasteiger partial charge in [0.25, 0.3) is 0 Å². The molecule has 0 radical (unpaired) electrons. The number of hydrogen-bond acceptors (Lipinski definition) is 2. The third kappa shape index (κ3) is 2.39. The van der Waals surface area contributed by atoms with Gasteiger partial charge >= 0.3 is 0 Å². The van der Waals surface area contributed by atoms with Crippen molar-refractivity contribution < 1.29 is 4.42 Å². The zero-order chi connectivity index (χ0) is 11.7. The van der Waals surface area contributed by atoms with E-state index in [4.69, 9.17) is 10.2 Å². The summed E-state index contributed by atoms with van der Waals surface area (Å²) in [5.74, 6) is 0.758. The van der Waals surface area contributed by atoms with E-state index in [0.29, 0.717) is 4.67 Å². The third-order valence-corrected chi connectivity index (χ3v) is 3.76. The van der Waals surface area contributed by atoms with Crippen LogP contribution in [-0.4, -0.2) is 0 Å². The number of aryl methyl sites for hydroxylation is 1. The zero-order valence-corrected chi connectivity index (χ0v) is 11.9. The third-order valence-electron chi connectivity index (χ3n) is 2.44. The van der Waals surface area contributed by atoms with Gasteiger partial charge in [-0.2, -0.15) is 0 Å². The predicted molar refractivity (Wildman–Crippen MR) is 71.3 cm³/mol. The van der Waals surface area contributed by atoms with Crippen molar-refractivity contribution in [3.8, 4) is 0 Å². The Hall–Kier alpha value is -0.580. The van der Waals surface area contributed by atoms with Crippen molar-refractivity contribution in [3.63, 3.8) is 0 Å². The normalized spacial score (nSPS) is 12.8. The lowest BCUT2D eigenvalue weighted by atomic mass is 10.0. The summed E-state index contributed by atoms with van der Waals surface area (Å²) in [6.07, 6.45) is 0. The number of benzene rings is 1. The summed E-state index contributed by atoms with van der Waals surface area (Å²) >= 11 is 6.74. The van der Waals surface area contributed by atoms with E-state index in [1.165, 1.54) is 5.56 Å². The van der Waals surface area contributed by atoms with E-state index in [1.54, 1.807) is 0 Å². The van der Waals surface area contributed by atoms with E-state index in [0.717, 1.165) is 15.8 Å². The van der Waals surface area contributed by atoms with Gasteiger partial charge in [-0.1, -0.05) is 28.1 Å². The van der Waals surface area contributed by atoms with Gasteiger partial charge in [0.1, 0.15) is 5.76 Å². The first-order chi connectivity index (χ1) is 7.58. The van der Waals surface area contributed by atoms with Crippen LogP contribution in [0.15, 0.2) is 43.9 Å². The first-order valence-corrected chi connectivity index (χ1v) is 6.43. The molecule has 0 saturated heterocycles. The highest BCUT2D eigenvalue weighted by atomic mass is 79.9. The maximum absolute atomic E-state index is 6.12. The minimum absolute atomic E-state index is 0.224. The second-order valence-corrected chi connectivity index (χ2v) is 5.26. The fourth-order valence-corrected chi connectivity index (χ4v) is 2.09. The number of rotatable bonds is 2. The molecule has 0 spiro atoms. The Morgan fingerprint density at radius 1 is 1.19 bits per heavy atom. The fourth-order valence-electron chi connectivity index (χ4n) is 1.52. The fraction of sp³-hybridized carbons (Fsp3) is 0.167. The summed E-state index contributed by atoms with van der Waals surface area (Å²) in [5.41, 5.74) is 8.33. The Bertz CT molecular complexity index is 507. The molecule has 0 fully saturated rings. The van der Waals surface area contributed by atoms with E-state index >= 15 is 0 Å². The van der Waals surface area contributed by atoms with E-state index in [2.05, 4.69) is 37.9 Å². The highest BCUT2D eigenvalue weighted by molar-refractivity contribution is 9.10. The summed E-state index contributed by atoms with van der Waals surface area (Å²) in [6, 6.07) is 9.57. The van der Waals surface area contributed by atoms with Crippen LogP contribution in [0.5, 0.6) is 0 Å². The summed E-state index contributed by atoms with van der Waals surface area (Å²) in [4.78, 5) is 0. The first-order valence-electron chi connectivity index (χ1n) is 4.85.